The molecule has 0 spiro atoms. The van der Waals surface area contributed by atoms with Gasteiger partial charge in [0.05, 0.1) is 11.4 Å². The molecule has 0 aliphatic heterocycles. The van der Waals surface area contributed by atoms with Gasteiger partial charge in [-0.2, -0.15) is 5.10 Å². The lowest BCUT2D eigenvalue weighted by Crippen LogP contribution is -2.30. The smallest absolute Gasteiger partial charge is 0.319 e. The van der Waals surface area contributed by atoms with E-state index in [9.17, 15) is 14.0 Å². The number of anilines is 2. The third kappa shape index (κ3) is 5.16. The lowest BCUT2D eigenvalue weighted by atomic mass is 10.1. The highest BCUT2D eigenvalue weighted by molar-refractivity contribution is 5.92. The zero-order valence-corrected chi connectivity index (χ0v) is 15.3. The molecule has 0 aliphatic carbocycles. The summed E-state index contributed by atoms with van der Waals surface area (Å²) in [5.74, 6) is -0.862. The Bertz CT molecular complexity index is 955. The van der Waals surface area contributed by atoms with Gasteiger partial charge < -0.3 is 16.0 Å². The molecule has 2 aromatic carbocycles. The summed E-state index contributed by atoms with van der Waals surface area (Å²) in [6.07, 6.45) is 4.20. The molecule has 28 heavy (non-hydrogen) atoms. The van der Waals surface area contributed by atoms with Crippen LogP contribution in [0.1, 0.15) is 12.5 Å². The van der Waals surface area contributed by atoms with Crippen molar-refractivity contribution in [2.75, 3.05) is 17.2 Å². The maximum atomic E-state index is 13.8. The van der Waals surface area contributed by atoms with Crippen molar-refractivity contribution in [3.05, 3.63) is 72.3 Å². The Morgan fingerprint density at radius 2 is 1.89 bits per heavy atom. The highest BCUT2D eigenvalue weighted by Crippen LogP contribution is 2.19. The van der Waals surface area contributed by atoms with Crippen molar-refractivity contribution >= 4 is 23.3 Å². The van der Waals surface area contributed by atoms with E-state index in [4.69, 9.17) is 0 Å². The number of halogens is 1. The predicted octanol–water partition coefficient (Wildman–Crippen LogP) is 3.33. The molecule has 144 valence electrons. The highest BCUT2D eigenvalue weighted by atomic mass is 19.1. The van der Waals surface area contributed by atoms with Crippen molar-refractivity contribution < 1.29 is 14.0 Å². The van der Waals surface area contributed by atoms with Gasteiger partial charge in [0.15, 0.2) is 0 Å². The summed E-state index contributed by atoms with van der Waals surface area (Å²) in [6, 6.07) is 13.1. The quantitative estimate of drug-likeness (QED) is 0.612. The second-order valence-electron chi connectivity index (χ2n) is 6.12. The van der Waals surface area contributed by atoms with Crippen molar-refractivity contribution in [3.63, 3.8) is 0 Å². The normalized spacial score (nSPS) is 10.4. The Kier molecular flexibility index (Phi) is 6.01. The summed E-state index contributed by atoms with van der Waals surface area (Å²) in [5, 5.41) is 11.8. The third-order valence-electron chi connectivity index (χ3n) is 3.94. The monoisotopic (exact) mass is 381 g/mol. The minimum atomic E-state index is -0.585. The number of rotatable bonds is 6. The SMILES string of the molecule is CC(=O)Nc1ccc(F)c(NC(=O)NCCc2ccc(-n3cccn3)cc2)c1. The Morgan fingerprint density at radius 1 is 1.11 bits per heavy atom. The van der Waals surface area contributed by atoms with E-state index in [1.54, 1.807) is 10.9 Å². The molecular weight excluding hydrogens is 361 g/mol. The first-order valence-electron chi connectivity index (χ1n) is 8.72. The zero-order chi connectivity index (χ0) is 19.9. The van der Waals surface area contributed by atoms with E-state index in [0.29, 0.717) is 18.7 Å². The molecule has 0 bridgehead atoms. The summed E-state index contributed by atoms with van der Waals surface area (Å²) in [4.78, 5) is 23.1. The third-order valence-corrected chi connectivity index (χ3v) is 3.94. The van der Waals surface area contributed by atoms with E-state index in [0.717, 1.165) is 11.3 Å². The summed E-state index contributed by atoms with van der Waals surface area (Å²) in [6.45, 7) is 1.74. The molecule has 3 N–H and O–H groups in total. The van der Waals surface area contributed by atoms with Crippen LogP contribution in [0.25, 0.3) is 5.69 Å². The predicted molar refractivity (Wildman–Crippen MR) is 105 cm³/mol. The van der Waals surface area contributed by atoms with Gasteiger partial charge in [0, 0.05) is 31.5 Å². The minimum Gasteiger partial charge on any atom is -0.338 e. The zero-order valence-electron chi connectivity index (χ0n) is 15.3. The number of benzene rings is 2. The molecule has 3 amide bonds. The second-order valence-corrected chi connectivity index (χ2v) is 6.12. The van der Waals surface area contributed by atoms with Crippen LogP contribution in [-0.4, -0.2) is 28.3 Å². The molecule has 0 saturated carbocycles. The topological polar surface area (TPSA) is 88.0 Å². The Hall–Kier alpha value is -3.68. The van der Waals surface area contributed by atoms with E-state index in [1.807, 2.05) is 36.5 Å². The number of aromatic nitrogens is 2. The number of urea groups is 1. The maximum Gasteiger partial charge on any atom is 0.319 e. The summed E-state index contributed by atoms with van der Waals surface area (Å²) < 4.78 is 15.6. The first-order valence-corrected chi connectivity index (χ1v) is 8.72. The molecule has 1 aromatic heterocycles. The molecule has 0 saturated heterocycles. The van der Waals surface area contributed by atoms with Gasteiger partial charge in [0.25, 0.3) is 0 Å². The standard InChI is InChI=1S/C20H20FN5O2/c1-14(27)24-16-5-8-18(21)19(13-16)25-20(28)22-11-9-15-3-6-17(7-4-15)26-12-2-10-23-26/h2-8,10,12-13H,9,11H2,1H3,(H,24,27)(H2,22,25,28). The number of carbonyl (C=O) groups is 2. The number of hydrogen-bond donors (Lipinski definition) is 3. The molecule has 7 nitrogen and oxygen atoms in total. The average Bonchev–Trinajstić information content (AvgIpc) is 3.19. The van der Waals surface area contributed by atoms with Crippen LogP contribution in [0.5, 0.6) is 0 Å². The first-order chi connectivity index (χ1) is 13.5. The van der Waals surface area contributed by atoms with Crippen LogP contribution in [0, 0.1) is 5.82 Å². The van der Waals surface area contributed by atoms with Crippen LogP contribution >= 0.6 is 0 Å². The largest absolute Gasteiger partial charge is 0.338 e. The molecule has 0 fully saturated rings. The molecule has 0 radical (unpaired) electrons. The molecule has 3 aromatic rings. The van der Waals surface area contributed by atoms with Gasteiger partial charge in [-0.25, -0.2) is 13.9 Å². The Morgan fingerprint density at radius 3 is 2.57 bits per heavy atom. The molecular formula is C20H20FN5O2. The number of carbonyl (C=O) groups excluding carboxylic acids is 2. The van der Waals surface area contributed by atoms with Gasteiger partial charge in [0.1, 0.15) is 5.82 Å². The number of nitrogens with one attached hydrogen (secondary N) is 3. The van der Waals surface area contributed by atoms with Crippen LogP contribution in [0.4, 0.5) is 20.6 Å². The summed E-state index contributed by atoms with van der Waals surface area (Å²) in [7, 11) is 0. The molecule has 0 atom stereocenters. The lowest BCUT2D eigenvalue weighted by molar-refractivity contribution is -0.114. The molecule has 0 unspecified atom stereocenters. The van der Waals surface area contributed by atoms with Gasteiger partial charge in [-0.05, 0) is 48.4 Å². The van der Waals surface area contributed by atoms with Gasteiger partial charge >= 0.3 is 6.03 Å². The van der Waals surface area contributed by atoms with Gasteiger partial charge in [-0.3, -0.25) is 4.79 Å². The Labute approximate surface area is 161 Å². The fourth-order valence-corrected chi connectivity index (χ4v) is 2.63. The molecule has 0 aliphatic rings. The highest BCUT2D eigenvalue weighted by Gasteiger charge is 2.08. The number of amides is 3. The summed E-state index contributed by atoms with van der Waals surface area (Å²) in [5.41, 5.74) is 2.40. The fourth-order valence-electron chi connectivity index (χ4n) is 2.63. The summed E-state index contributed by atoms with van der Waals surface area (Å²) >= 11 is 0. The number of nitrogens with zero attached hydrogens (tertiary/aromatic N) is 2. The molecule has 1 heterocycles. The van der Waals surface area contributed by atoms with Crippen LogP contribution in [0.2, 0.25) is 0 Å². The van der Waals surface area contributed by atoms with E-state index < -0.39 is 11.8 Å². The van der Waals surface area contributed by atoms with Gasteiger partial charge in [-0.1, -0.05) is 12.1 Å². The van der Waals surface area contributed by atoms with Gasteiger partial charge in [-0.15, -0.1) is 0 Å². The van der Waals surface area contributed by atoms with E-state index >= 15 is 0 Å². The molecule has 3 rings (SSSR count). The Balaban J connectivity index is 1.50. The van der Waals surface area contributed by atoms with Crippen molar-refractivity contribution in [2.24, 2.45) is 0 Å². The number of hydrogen-bond acceptors (Lipinski definition) is 3. The first kappa shape index (κ1) is 19.1. The van der Waals surface area contributed by atoms with E-state index in [1.165, 1.54) is 25.1 Å². The maximum absolute atomic E-state index is 13.8. The average molecular weight is 381 g/mol. The fraction of sp³-hybridized carbons (Fsp3) is 0.150. The van der Waals surface area contributed by atoms with Crippen molar-refractivity contribution in [1.29, 1.82) is 0 Å². The van der Waals surface area contributed by atoms with Crippen molar-refractivity contribution in [1.82, 2.24) is 15.1 Å². The van der Waals surface area contributed by atoms with Crippen LogP contribution in [-0.2, 0) is 11.2 Å². The van der Waals surface area contributed by atoms with E-state index in [-0.39, 0.29) is 11.6 Å². The van der Waals surface area contributed by atoms with Crippen LogP contribution in [0.3, 0.4) is 0 Å². The lowest BCUT2D eigenvalue weighted by Gasteiger charge is -2.10. The van der Waals surface area contributed by atoms with Crippen LogP contribution in [0.15, 0.2) is 60.9 Å². The van der Waals surface area contributed by atoms with E-state index in [2.05, 4.69) is 21.0 Å². The minimum absolute atomic E-state index is 0.00711. The molecule has 8 heteroatoms. The van der Waals surface area contributed by atoms with Gasteiger partial charge in [0.2, 0.25) is 5.91 Å². The van der Waals surface area contributed by atoms with Crippen molar-refractivity contribution in [2.45, 2.75) is 13.3 Å². The second kappa shape index (κ2) is 8.81. The van der Waals surface area contributed by atoms with Crippen LogP contribution < -0.4 is 16.0 Å². The van der Waals surface area contributed by atoms with Crippen molar-refractivity contribution in [3.8, 4) is 5.69 Å².